The summed E-state index contributed by atoms with van der Waals surface area (Å²) in [6.45, 7) is 0. The SMILES string of the molecule is c1ccc2cc(-c3c4ccccc4c(-c4ccc5c(cnc6c7ccccc7sc56)c4)c4ccccc34)ccc2c1. The van der Waals surface area contributed by atoms with Crippen molar-refractivity contribution in [1.29, 1.82) is 0 Å². The molecule has 0 spiro atoms. The van der Waals surface area contributed by atoms with E-state index < -0.39 is 0 Å². The largest absolute Gasteiger partial charge is 0.254 e. The number of aromatic nitrogens is 1. The van der Waals surface area contributed by atoms with Crippen molar-refractivity contribution in [1.82, 2.24) is 4.98 Å². The molecule has 0 aliphatic rings. The number of hydrogen-bond donors (Lipinski definition) is 0. The highest BCUT2D eigenvalue weighted by molar-refractivity contribution is 7.26. The van der Waals surface area contributed by atoms with Crippen LogP contribution in [-0.2, 0) is 0 Å². The van der Waals surface area contributed by atoms with Gasteiger partial charge in [0.1, 0.15) is 0 Å². The van der Waals surface area contributed by atoms with Gasteiger partial charge in [-0.2, -0.15) is 0 Å². The second kappa shape index (κ2) is 8.72. The number of pyridine rings is 1. The van der Waals surface area contributed by atoms with Gasteiger partial charge < -0.3 is 0 Å². The van der Waals surface area contributed by atoms with E-state index in [1.807, 2.05) is 17.5 Å². The predicted octanol–water partition coefficient (Wildman–Crippen LogP) is 11.4. The number of nitrogens with zero attached hydrogens (tertiary/aromatic N) is 1. The van der Waals surface area contributed by atoms with Crippen molar-refractivity contribution < 1.29 is 0 Å². The summed E-state index contributed by atoms with van der Waals surface area (Å²) in [5, 5.41) is 11.3. The number of benzene rings is 7. The Morgan fingerprint density at radius 3 is 1.63 bits per heavy atom. The highest BCUT2D eigenvalue weighted by atomic mass is 32.1. The van der Waals surface area contributed by atoms with E-state index in [9.17, 15) is 0 Å². The third-order valence-corrected chi connectivity index (χ3v) is 9.65. The second-order valence-electron chi connectivity index (χ2n) is 10.7. The molecule has 1 nitrogen and oxygen atoms in total. The molecule has 0 radical (unpaired) electrons. The zero-order valence-corrected chi connectivity index (χ0v) is 23.0. The summed E-state index contributed by atoms with van der Waals surface area (Å²) in [4.78, 5) is 4.95. The number of rotatable bonds is 2. The van der Waals surface area contributed by atoms with Crippen LogP contribution in [0.15, 0.2) is 140 Å². The van der Waals surface area contributed by atoms with E-state index >= 15 is 0 Å². The molecule has 9 rings (SSSR count). The van der Waals surface area contributed by atoms with E-state index in [0.717, 1.165) is 5.52 Å². The van der Waals surface area contributed by atoms with Gasteiger partial charge in [0, 0.05) is 27.1 Å². The average Bonchev–Trinajstić information content (AvgIpc) is 3.42. The van der Waals surface area contributed by atoms with Crippen LogP contribution in [0.25, 0.3) is 85.6 Å². The summed E-state index contributed by atoms with van der Waals surface area (Å²) in [5.74, 6) is 0. The summed E-state index contributed by atoms with van der Waals surface area (Å²) in [7, 11) is 0. The maximum atomic E-state index is 4.95. The van der Waals surface area contributed by atoms with Crippen LogP contribution >= 0.6 is 11.3 Å². The van der Waals surface area contributed by atoms with Crippen LogP contribution in [0.5, 0.6) is 0 Å². The minimum absolute atomic E-state index is 1.10. The molecule has 2 heterocycles. The van der Waals surface area contributed by atoms with E-state index in [4.69, 9.17) is 4.98 Å². The molecule has 0 aliphatic heterocycles. The molecule has 41 heavy (non-hydrogen) atoms. The van der Waals surface area contributed by atoms with Gasteiger partial charge in [-0.1, -0.05) is 115 Å². The van der Waals surface area contributed by atoms with Gasteiger partial charge in [0.15, 0.2) is 0 Å². The molecular formula is C39H23NS. The fourth-order valence-electron chi connectivity index (χ4n) is 6.60. The van der Waals surface area contributed by atoms with Gasteiger partial charge >= 0.3 is 0 Å². The Morgan fingerprint density at radius 1 is 0.415 bits per heavy atom. The number of fused-ring (bicyclic) bond motifs is 8. The zero-order valence-electron chi connectivity index (χ0n) is 22.1. The second-order valence-corrected chi connectivity index (χ2v) is 11.8. The van der Waals surface area contributed by atoms with E-state index in [0.29, 0.717) is 0 Å². The molecule has 0 atom stereocenters. The molecule has 9 aromatic rings. The minimum Gasteiger partial charge on any atom is -0.254 e. The number of thiophene rings is 1. The van der Waals surface area contributed by atoms with Crippen LogP contribution < -0.4 is 0 Å². The first-order chi connectivity index (χ1) is 20.3. The molecule has 2 heteroatoms. The lowest BCUT2D eigenvalue weighted by atomic mass is 9.85. The fourth-order valence-corrected chi connectivity index (χ4v) is 7.80. The van der Waals surface area contributed by atoms with Crippen molar-refractivity contribution in [2.45, 2.75) is 0 Å². The van der Waals surface area contributed by atoms with Crippen LogP contribution in [-0.4, -0.2) is 4.98 Å². The quantitative estimate of drug-likeness (QED) is 0.200. The van der Waals surface area contributed by atoms with Crippen molar-refractivity contribution in [3.8, 4) is 22.3 Å². The topological polar surface area (TPSA) is 12.9 Å². The standard InChI is InChI=1S/C39H23NS/c1-2-10-25-21-26(18-17-24(25)9-1)36-30-11-3-5-13-32(30)37(33-14-6-4-12-31(33)36)27-19-20-29-28(22-27)23-40-38-34-15-7-8-16-35(34)41-39(29)38/h1-23H. The Morgan fingerprint density at radius 2 is 0.951 bits per heavy atom. The van der Waals surface area contributed by atoms with Crippen molar-refractivity contribution in [2.24, 2.45) is 0 Å². The van der Waals surface area contributed by atoms with Gasteiger partial charge in [-0.15, -0.1) is 11.3 Å². The van der Waals surface area contributed by atoms with Crippen molar-refractivity contribution in [2.75, 3.05) is 0 Å². The van der Waals surface area contributed by atoms with Gasteiger partial charge in [0.05, 0.1) is 10.2 Å². The summed E-state index contributed by atoms with van der Waals surface area (Å²) in [5.41, 5.74) is 6.13. The van der Waals surface area contributed by atoms with Gasteiger partial charge in [0.2, 0.25) is 0 Å². The summed E-state index contributed by atoms with van der Waals surface area (Å²) in [6, 6.07) is 48.7. The van der Waals surface area contributed by atoms with E-state index in [-0.39, 0.29) is 0 Å². The molecule has 2 aromatic heterocycles. The monoisotopic (exact) mass is 537 g/mol. The molecular weight excluding hydrogens is 515 g/mol. The molecule has 0 fully saturated rings. The minimum atomic E-state index is 1.10. The lowest BCUT2D eigenvalue weighted by Gasteiger charge is -2.18. The fraction of sp³-hybridized carbons (Fsp3) is 0. The normalized spacial score (nSPS) is 11.9. The van der Waals surface area contributed by atoms with E-state index in [2.05, 4.69) is 133 Å². The maximum absolute atomic E-state index is 4.95. The Bertz CT molecular complexity index is 2430. The average molecular weight is 538 g/mol. The summed E-state index contributed by atoms with van der Waals surface area (Å²) < 4.78 is 2.55. The first kappa shape index (κ1) is 22.7. The van der Waals surface area contributed by atoms with Crippen LogP contribution in [0, 0.1) is 0 Å². The van der Waals surface area contributed by atoms with Crippen LogP contribution in [0.2, 0.25) is 0 Å². The maximum Gasteiger partial charge on any atom is 0.0894 e. The molecule has 0 saturated carbocycles. The summed E-state index contributed by atoms with van der Waals surface area (Å²) in [6.07, 6.45) is 2.05. The predicted molar refractivity (Wildman–Crippen MR) is 178 cm³/mol. The van der Waals surface area contributed by atoms with Gasteiger partial charge in [-0.05, 0) is 72.8 Å². The molecule has 0 aliphatic carbocycles. The van der Waals surface area contributed by atoms with Crippen LogP contribution in [0.1, 0.15) is 0 Å². The zero-order chi connectivity index (χ0) is 26.9. The first-order valence-corrected chi connectivity index (χ1v) is 14.8. The Labute approximate surface area is 240 Å². The van der Waals surface area contributed by atoms with Gasteiger partial charge in [0.25, 0.3) is 0 Å². The van der Waals surface area contributed by atoms with Crippen LogP contribution in [0.4, 0.5) is 0 Å². The Hall–Kier alpha value is -5.05. The molecule has 0 saturated heterocycles. The Balaban J connectivity index is 1.34. The van der Waals surface area contributed by atoms with Gasteiger partial charge in [-0.3, -0.25) is 4.98 Å². The Kier molecular flexibility index (Phi) is 4.84. The first-order valence-electron chi connectivity index (χ1n) is 14.0. The van der Waals surface area contributed by atoms with Crippen molar-refractivity contribution >= 4 is 74.7 Å². The highest BCUT2D eigenvalue weighted by Crippen LogP contribution is 2.45. The lowest BCUT2D eigenvalue weighted by Crippen LogP contribution is -1.91. The third kappa shape index (κ3) is 3.38. The molecule has 0 amide bonds. The molecule has 0 N–H and O–H groups in total. The lowest BCUT2D eigenvalue weighted by molar-refractivity contribution is 1.47. The molecule has 7 aromatic carbocycles. The molecule has 0 bridgehead atoms. The number of hydrogen-bond acceptors (Lipinski definition) is 2. The van der Waals surface area contributed by atoms with Crippen LogP contribution in [0.3, 0.4) is 0 Å². The van der Waals surface area contributed by atoms with Crippen molar-refractivity contribution in [3.63, 3.8) is 0 Å². The van der Waals surface area contributed by atoms with Gasteiger partial charge in [-0.25, -0.2) is 0 Å². The third-order valence-electron chi connectivity index (χ3n) is 8.46. The van der Waals surface area contributed by atoms with Crippen molar-refractivity contribution in [3.05, 3.63) is 140 Å². The highest BCUT2D eigenvalue weighted by Gasteiger charge is 2.17. The van der Waals surface area contributed by atoms with E-state index in [1.165, 1.54) is 80.1 Å². The smallest absolute Gasteiger partial charge is 0.0894 e. The summed E-state index contributed by atoms with van der Waals surface area (Å²) >= 11 is 1.84. The van der Waals surface area contributed by atoms with E-state index in [1.54, 1.807) is 0 Å². The molecule has 190 valence electrons. The molecule has 0 unspecified atom stereocenters.